The van der Waals surface area contributed by atoms with E-state index < -0.39 is 11.7 Å². The highest BCUT2D eigenvalue weighted by atomic mass is 32.2. The maximum Gasteiger partial charge on any atom is 0.418 e. The smallest absolute Gasteiger partial charge is 0.398 e. The fourth-order valence-electron chi connectivity index (χ4n) is 1.54. The molecule has 0 fully saturated rings. The summed E-state index contributed by atoms with van der Waals surface area (Å²) >= 11 is 1.51. The van der Waals surface area contributed by atoms with E-state index in [1.54, 1.807) is 0 Å². The molecule has 0 aliphatic rings. The second kappa shape index (κ2) is 8.14. The maximum atomic E-state index is 12.7. The number of carbonyl (C=O) groups excluding carboxylic acids is 1. The van der Waals surface area contributed by atoms with Crippen LogP contribution >= 0.6 is 11.8 Å². The number of aliphatic hydroxyl groups excluding tert-OH is 1. The number of nitrogens with one attached hydrogen (secondary N) is 1. The van der Waals surface area contributed by atoms with Crippen LogP contribution in [-0.4, -0.2) is 29.1 Å². The number of thioether (sulfide) groups is 1. The highest BCUT2D eigenvalue weighted by Crippen LogP contribution is 2.35. The number of halogens is 3. The zero-order valence-electron chi connectivity index (χ0n) is 11.2. The predicted molar refractivity (Wildman–Crippen MR) is 78.1 cm³/mol. The molecule has 21 heavy (non-hydrogen) atoms. The minimum Gasteiger partial charge on any atom is -0.398 e. The normalized spacial score (nSPS) is 11.4. The number of benzene rings is 1. The van der Waals surface area contributed by atoms with Crippen molar-refractivity contribution in [3.05, 3.63) is 23.8 Å². The van der Waals surface area contributed by atoms with E-state index >= 15 is 0 Å². The third-order valence-electron chi connectivity index (χ3n) is 2.56. The van der Waals surface area contributed by atoms with Crippen molar-refractivity contribution in [2.45, 2.75) is 19.0 Å². The summed E-state index contributed by atoms with van der Waals surface area (Å²) in [5, 5.41) is 11.0. The molecule has 0 aliphatic carbocycles. The Morgan fingerprint density at radius 3 is 2.67 bits per heavy atom. The average molecular weight is 322 g/mol. The van der Waals surface area contributed by atoms with Gasteiger partial charge in [0.15, 0.2) is 0 Å². The Morgan fingerprint density at radius 1 is 1.33 bits per heavy atom. The number of hydrogen-bond donors (Lipinski definition) is 3. The van der Waals surface area contributed by atoms with E-state index in [0.29, 0.717) is 12.2 Å². The fraction of sp³-hybridized carbons (Fsp3) is 0.462. The van der Waals surface area contributed by atoms with Crippen molar-refractivity contribution >= 4 is 29.0 Å². The molecule has 4 N–H and O–H groups in total. The van der Waals surface area contributed by atoms with Crippen molar-refractivity contribution in [1.82, 2.24) is 0 Å². The molecule has 0 radical (unpaired) electrons. The SMILES string of the molecule is Nc1ccc(NC(=O)CCSCCCO)cc1C(F)(F)F. The molecular formula is C13H17F3N2O2S. The van der Waals surface area contributed by atoms with Crippen LogP contribution in [0.1, 0.15) is 18.4 Å². The quantitative estimate of drug-likeness (QED) is 0.533. The number of carbonyl (C=O) groups is 1. The first kappa shape index (κ1) is 17.6. The molecule has 0 heterocycles. The largest absolute Gasteiger partial charge is 0.418 e. The summed E-state index contributed by atoms with van der Waals surface area (Å²) in [6.07, 6.45) is -3.70. The molecule has 0 bridgehead atoms. The third kappa shape index (κ3) is 6.26. The zero-order chi connectivity index (χ0) is 15.9. The molecule has 118 valence electrons. The fourth-order valence-corrected chi connectivity index (χ4v) is 2.40. The van der Waals surface area contributed by atoms with Gasteiger partial charge in [-0.1, -0.05) is 0 Å². The Morgan fingerprint density at radius 2 is 2.05 bits per heavy atom. The van der Waals surface area contributed by atoms with Gasteiger partial charge in [-0.15, -0.1) is 0 Å². The molecule has 0 aromatic heterocycles. The molecule has 0 saturated carbocycles. The van der Waals surface area contributed by atoms with E-state index in [1.165, 1.54) is 17.8 Å². The second-order valence-electron chi connectivity index (χ2n) is 4.29. The van der Waals surface area contributed by atoms with Crippen LogP contribution in [0.2, 0.25) is 0 Å². The minimum atomic E-state index is -4.55. The lowest BCUT2D eigenvalue weighted by atomic mass is 10.1. The van der Waals surface area contributed by atoms with Crippen LogP contribution in [0.4, 0.5) is 24.5 Å². The molecule has 1 aromatic rings. The Labute approximate surface area is 124 Å². The Hall–Kier alpha value is -1.41. The lowest BCUT2D eigenvalue weighted by molar-refractivity contribution is -0.136. The van der Waals surface area contributed by atoms with Gasteiger partial charge in [0.1, 0.15) is 0 Å². The lowest BCUT2D eigenvalue weighted by Gasteiger charge is -2.12. The van der Waals surface area contributed by atoms with E-state index in [4.69, 9.17) is 10.8 Å². The number of nitrogens with two attached hydrogens (primary N) is 1. The predicted octanol–water partition coefficient (Wildman–Crippen LogP) is 2.73. The molecule has 0 saturated heterocycles. The summed E-state index contributed by atoms with van der Waals surface area (Å²) in [6.45, 7) is 0.102. The highest BCUT2D eigenvalue weighted by molar-refractivity contribution is 7.99. The number of aliphatic hydroxyl groups is 1. The van der Waals surface area contributed by atoms with Crippen LogP contribution in [0.5, 0.6) is 0 Å². The standard InChI is InChI=1S/C13H17F3N2O2S/c14-13(15,16)10-8-9(2-3-11(10)17)18-12(20)4-7-21-6-1-5-19/h2-3,8,19H,1,4-7,17H2,(H,18,20). The van der Waals surface area contributed by atoms with Crippen molar-refractivity contribution in [3.8, 4) is 0 Å². The highest BCUT2D eigenvalue weighted by Gasteiger charge is 2.33. The van der Waals surface area contributed by atoms with Crippen LogP contribution in [0, 0.1) is 0 Å². The summed E-state index contributed by atoms with van der Waals surface area (Å²) in [5.74, 6) is 0.931. The van der Waals surface area contributed by atoms with Crippen LogP contribution in [0.15, 0.2) is 18.2 Å². The lowest BCUT2D eigenvalue weighted by Crippen LogP contribution is -2.14. The Bertz CT molecular complexity index is 481. The van der Waals surface area contributed by atoms with E-state index in [2.05, 4.69) is 5.32 Å². The molecule has 0 aliphatic heterocycles. The molecule has 1 aromatic carbocycles. The van der Waals surface area contributed by atoms with E-state index in [0.717, 1.165) is 17.9 Å². The minimum absolute atomic E-state index is 0.0712. The summed E-state index contributed by atoms with van der Waals surface area (Å²) < 4.78 is 38.0. The Kier molecular flexibility index (Phi) is 6.83. The molecular weight excluding hydrogens is 305 g/mol. The number of nitrogen functional groups attached to an aromatic ring is 1. The monoisotopic (exact) mass is 322 g/mol. The van der Waals surface area contributed by atoms with Crippen LogP contribution in [-0.2, 0) is 11.0 Å². The van der Waals surface area contributed by atoms with Gasteiger partial charge in [-0.25, -0.2) is 0 Å². The van der Waals surface area contributed by atoms with Crippen molar-refractivity contribution in [2.24, 2.45) is 0 Å². The molecule has 0 unspecified atom stereocenters. The first-order chi connectivity index (χ1) is 9.84. The number of hydrogen-bond acceptors (Lipinski definition) is 4. The van der Waals surface area contributed by atoms with Gasteiger partial charge >= 0.3 is 6.18 Å². The summed E-state index contributed by atoms with van der Waals surface area (Å²) in [5.41, 5.74) is 4.01. The summed E-state index contributed by atoms with van der Waals surface area (Å²) in [4.78, 5) is 11.6. The van der Waals surface area contributed by atoms with Gasteiger partial charge < -0.3 is 16.2 Å². The van der Waals surface area contributed by atoms with Gasteiger partial charge in [-0.05, 0) is 30.4 Å². The van der Waals surface area contributed by atoms with Gasteiger partial charge in [0.2, 0.25) is 5.91 Å². The summed E-state index contributed by atoms with van der Waals surface area (Å²) in [7, 11) is 0. The molecule has 8 heteroatoms. The molecule has 0 spiro atoms. The third-order valence-corrected chi connectivity index (χ3v) is 3.63. The number of rotatable bonds is 7. The topological polar surface area (TPSA) is 75.3 Å². The maximum absolute atomic E-state index is 12.7. The number of anilines is 2. The first-order valence-corrected chi connectivity index (χ1v) is 7.45. The molecule has 1 rings (SSSR count). The van der Waals surface area contributed by atoms with Gasteiger partial charge in [-0.2, -0.15) is 24.9 Å². The van der Waals surface area contributed by atoms with Crippen molar-refractivity contribution in [2.75, 3.05) is 29.2 Å². The second-order valence-corrected chi connectivity index (χ2v) is 5.51. The zero-order valence-corrected chi connectivity index (χ0v) is 12.1. The van der Waals surface area contributed by atoms with E-state index in [9.17, 15) is 18.0 Å². The van der Waals surface area contributed by atoms with Crippen LogP contribution in [0.25, 0.3) is 0 Å². The Balaban J connectivity index is 2.53. The van der Waals surface area contributed by atoms with Crippen LogP contribution in [0.3, 0.4) is 0 Å². The van der Waals surface area contributed by atoms with Crippen molar-refractivity contribution < 1.29 is 23.1 Å². The van der Waals surface area contributed by atoms with Gasteiger partial charge in [0.25, 0.3) is 0 Å². The molecule has 1 amide bonds. The van der Waals surface area contributed by atoms with E-state index in [1.807, 2.05) is 0 Å². The average Bonchev–Trinajstić information content (AvgIpc) is 2.39. The van der Waals surface area contributed by atoms with E-state index in [-0.39, 0.29) is 30.3 Å². The van der Waals surface area contributed by atoms with Gasteiger partial charge in [0, 0.05) is 30.2 Å². The van der Waals surface area contributed by atoms with Crippen LogP contribution < -0.4 is 11.1 Å². The molecule has 0 atom stereocenters. The number of alkyl halides is 3. The molecule has 4 nitrogen and oxygen atoms in total. The summed E-state index contributed by atoms with van der Waals surface area (Å²) in [6, 6.07) is 3.28. The van der Waals surface area contributed by atoms with Crippen molar-refractivity contribution in [3.63, 3.8) is 0 Å². The number of amides is 1. The van der Waals surface area contributed by atoms with Gasteiger partial charge in [0.05, 0.1) is 5.56 Å². The first-order valence-electron chi connectivity index (χ1n) is 6.29. The van der Waals surface area contributed by atoms with Gasteiger partial charge in [-0.3, -0.25) is 4.79 Å². The van der Waals surface area contributed by atoms with Crippen molar-refractivity contribution in [1.29, 1.82) is 0 Å².